The number of benzene rings is 3. The van der Waals surface area contributed by atoms with Crippen molar-refractivity contribution in [1.29, 1.82) is 0 Å². The predicted octanol–water partition coefficient (Wildman–Crippen LogP) is 5.77. The molecule has 3 aromatic carbocycles. The number of amides is 1. The van der Waals surface area contributed by atoms with E-state index in [0.717, 1.165) is 23.5 Å². The van der Waals surface area contributed by atoms with Crippen molar-refractivity contribution in [3.05, 3.63) is 108 Å². The number of aromatic nitrogens is 1. The molecule has 2 heterocycles. The van der Waals surface area contributed by atoms with Crippen LogP contribution < -0.4 is 9.64 Å². The van der Waals surface area contributed by atoms with Crippen molar-refractivity contribution in [3.8, 4) is 5.75 Å². The number of fused-ring (bicyclic) bond motifs is 1. The first-order valence-corrected chi connectivity index (χ1v) is 11.7. The molecule has 180 valence electrons. The van der Waals surface area contributed by atoms with Crippen LogP contribution in [0.25, 0.3) is 16.0 Å². The summed E-state index contributed by atoms with van der Waals surface area (Å²) in [5, 5.41) is 11.3. The highest BCUT2D eigenvalue weighted by Gasteiger charge is 2.48. The van der Waals surface area contributed by atoms with Crippen LogP contribution in [0, 0.1) is 11.6 Å². The van der Waals surface area contributed by atoms with Gasteiger partial charge in [-0.3, -0.25) is 14.5 Å². The van der Waals surface area contributed by atoms with Crippen molar-refractivity contribution >= 4 is 44.1 Å². The number of carbonyl (C=O) groups excluding carboxylic acids is 2. The monoisotopic (exact) mass is 504 g/mol. The first kappa shape index (κ1) is 23.4. The SMILES string of the molecule is C=CCOc1ccc([C@@H]2C(=C(O)c3ccc(F)cc3)C(=O)C(=O)N2c2nc3ccc(F)cc3s2)cc1. The van der Waals surface area contributed by atoms with E-state index in [0.29, 0.717) is 28.1 Å². The lowest BCUT2D eigenvalue weighted by molar-refractivity contribution is -0.132. The average molecular weight is 505 g/mol. The minimum atomic E-state index is -1.03. The molecule has 1 fully saturated rings. The normalized spacial score (nSPS) is 17.1. The molecule has 0 unspecified atom stereocenters. The Kier molecular flexibility index (Phi) is 6.07. The largest absolute Gasteiger partial charge is 0.507 e. The smallest absolute Gasteiger partial charge is 0.301 e. The minimum Gasteiger partial charge on any atom is -0.507 e. The number of rotatable bonds is 6. The molecule has 36 heavy (non-hydrogen) atoms. The Hall–Kier alpha value is -4.37. The molecule has 0 aliphatic carbocycles. The van der Waals surface area contributed by atoms with Gasteiger partial charge in [-0.25, -0.2) is 13.8 Å². The lowest BCUT2D eigenvalue weighted by Gasteiger charge is -2.23. The molecular weight excluding hydrogens is 486 g/mol. The van der Waals surface area contributed by atoms with E-state index in [2.05, 4.69) is 11.6 Å². The van der Waals surface area contributed by atoms with Gasteiger partial charge in [0.05, 0.1) is 21.8 Å². The fourth-order valence-corrected chi connectivity index (χ4v) is 5.02. The number of halogens is 2. The zero-order chi connectivity index (χ0) is 25.4. The molecule has 1 amide bonds. The third-order valence-electron chi connectivity index (χ3n) is 5.67. The van der Waals surface area contributed by atoms with Crippen LogP contribution in [-0.2, 0) is 9.59 Å². The summed E-state index contributed by atoms with van der Waals surface area (Å²) < 4.78 is 33.3. The highest BCUT2D eigenvalue weighted by molar-refractivity contribution is 7.22. The molecule has 0 saturated carbocycles. The lowest BCUT2D eigenvalue weighted by atomic mass is 9.95. The Labute approximate surface area is 208 Å². The van der Waals surface area contributed by atoms with Gasteiger partial charge in [-0.05, 0) is 60.2 Å². The molecule has 0 spiro atoms. The summed E-state index contributed by atoms with van der Waals surface area (Å²) in [5.41, 5.74) is 0.978. The maximum absolute atomic E-state index is 13.8. The second-order valence-electron chi connectivity index (χ2n) is 7.95. The van der Waals surface area contributed by atoms with Crippen LogP contribution >= 0.6 is 11.3 Å². The van der Waals surface area contributed by atoms with E-state index in [1.807, 2.05) is 0 Å². The van der Waals surface area contributed by atoms with Crippen LogP contribution in [-0.4, -0.2) is 28.4 Å². The number of ketones is 1. The Morgan fingerprint density at radius 1 is 1.06 bits per heavy atom. The molecule has 1 aliphatic rings. The number of hydrogen-bond donors (Lipinski definition) is 1. The predicted molar refractivity (Wildman–Crippen MR) is 133 cm³/mol. The van der Waals surface area contributed by atoms with Crippen molar-refractivity contribution in [2.75, 3.05) is 11.5 Å². The molecule has 0 bridgehead atoms. The van der Waals surface area contributed by atoms with Gasteiger partial charge in [0.2, 0.25) is 0 Å². The van der Waals surface area contributed by atoms with Gasteiger partial charge >= 0.3 is 5.91 Å². The first-order chi connectivity index (χ1) is 17.4. The Morgan fingerprint density at radius 2 is 1.75 bits per heavy atom. The molecule has 1 aliphatic heterocycles. The number of nitrogens with zero attached hydrogens (tertiary/aromatic N) is 2. The van der Waals surface area contributed by atoms with Crippen molar-refractivity contribution in [1.82, 2.24) is 4.98 Å². The van der Waals surface area contributed by atoms with Gasteiger partial charge in [-0.1, -0.05) is 36.1 Å². The molecule has 4 aromatic rings. The van der Waals surface area contributed by atoms with E-state index < -0.39 is 35.1 Å². The van der Waals surface area contributed by atoms with Crippen molar-refractivity contribution in [3.63, 3.8) is 0 Å². The number of Topliss-reactive ketones (excluding diaryl/α,β-unsaturated/α-hetero) is 1. The van der Waals surface area contributed by atoms with E-state index >= 15 is 0 Å². The van der Waals surface area contributed by atoms with Crippen LogP contribution in [0.15, 0.2) is 85.0 Å². The van der Waals surface area contributed by atoms with Gasteiger partial charge in [0.1, 0.15) is 29.8 Å². The summed E-state index contributed by atoms with van der Waals surface area (Å²) in [6.45, 7) is 3.91. The maximum atomic E-state index is 13.8. The zero-order valence-corrected chi connectivity index (χ0v) is 19.5. The van der Waals surface area contributed by atoms with Crippen molar-refractivity contribution in [2.24, 2.45) is 0 Å². The number of carbonyl (C=O) groups is 2. The fraction of sp³-hybridized carbons (Fsp3) is 0.0741. The zero-order valence-electron chi connectivity index (χ0n) is 18.7. The summed E-state index contributed by atoms with van der Waals surface area (Å²) in [5.74, 6) is -2.68. The molecule has 1 aromatic heterocycles. The van der Waals surface area contributed by atoms with Crippen LogP contribution in [0.2, 0.25) is 0 Å². The Morgan fingerprint density at radius 3 is 2.44 bits per heavy atom. The lowest BCUT2D eigenvalue weighted by Crippen LogP contribution is -2.29. The van der Waals surface area contributed by atoms with Gasteiger partial charge in [-0.15, -0.1) is 0 Å². The van der Waals surface area contributed by atoms with Gasteiger partial charge in [0.25, 0.3) is 5.78 Å². The second-order valence-corrected chi connectivity index (χ2v) is 8.96. The quantitative estimate of drug-likeness (QED) is 0.156. The number of hydrogen-bond acceptors (Lipinski definition) is 6. The van der Waals surface area contributed by atoms with Gasteiger partial charge < -0.3 is 9.84 Å². The van der Waals surface area contributed by atoms with Crippen LogP contribution in [0.4, 0.5) is 13.9 Å². The van der Waals surface area contributed by atoms with Gasteiger partial charge in [0.15, 0.2) is 5.13 Å². The first-order valence-electron chi connectivity index (χ1n) is 10.8. The number of aliphatic hydroxyl groups is 1. The van der Waals surface area contributed by atoms with E-state index in [9.17, 15) is 23.5 Å². The third kappa shape index (κ3) is 4.14. The van der Waals surface area contributed by atoms with E-state index in [4.69, 9.17) is 4.74 Å². The summed E-state index contributed by atoms with van der Waals surface area (Å²) in [4.78, 5) is 32.1. The van der Waals surface area contributed by atoms with Crippen molar-refractivity contribution < 1.29 is 28.2 Å². The standard InChI is InChI=1S/C27H18F2N2O4S/c1-2-13-35-19-10-5-15(6-11-19)23-22(24(32)16-3-7-17(28)8-4-16)25(33)26(34)31(23)27-30-20-12-9-18(29)14-21(20)36-27/h2-12,14,23,32H,1,13H2/t23-/m1/s1. The number of anilines is 1. The second kappa shape index (κ2) is 9.35. The summed E-state index contributed by atoms with van der Waals surface area (Å²) in [6.07, 6.45) is 1.60. The number of thiazole rings is 1. The average Bonchev–Trinajstić information content (AvgIpc) is 3.40. The molecule has 6 nitrogen and oxygen atoms in total. The maximum Gasteiger partial charge on any atom is 0.301 e. The topological polar surface area (TPSA) is 79.7 Å². The summed E-state index contributed by atoms with van der Waals surface area (Å²) >= 11 is 1.05. The molecular formula is C27H18F2N2O4S. The molecule has 1 N–H and O–H groups in total. The summed E-state index contributed by atoms with van der Waals surface area (Å²) in [6, 6.07) is 14.6. The number of ether oxygens (including phenoxy) is 1. The minimum absolute atomic E-state index is 0.170. The molecule has 5 rings (SSSR count). The molecule has 1 atom stereocenters. The highest BCUT2D eigenvalue weighted by Crippen LogP contribution is 2.44. The van der Waals surface area contributed by atoms with Gasteiger partial charge in [-0.2, -0.15) is 0 Å². The summed E-state index contributed by atoms with van der Waals surface area (Å²) in [7, 11) is 0. The van der Waals surface area contributed by atoms with E-state index in [1.165, 1.54) is 35.2 Å². The Bertz CT molecular complexity index is 1530. The van der Waals surface area contributed by atoms with Crippen molar-refractivity contribution in [2.45, 2.75) is 6.04 Å². The third-order valence-corrected chi connectivity index (χ3v) is 6.69. The van der Waals surface area contributed by atoms with Crippen LogP contribution in [0.3, 0.4) is 0 Å². The molecule has 1 saturated heterocycles. The highest BCUT2D eigenvalue weighted by atomic mass is 32.1. The Balaban J connectivity index is 1.68. The van der Waals surface area contributed by atoms with Crippen LogP contribution in [0.5, 0.6) is 5.75 Å². The van der Waals surface area contributed by atoms with Gasteiger partial charge in [0, 0.05) is 5.56 Å². The molecule has 9 heteroatoms. The number of aliphatic hydroxyl groups excluding tert-OH is 1. The van der Waals surface area contributed by atoms with Crippen LogP contribution in [0.1, 0.15) is 17.2 Å². The van der Waals surface area contributed by atoms with E-state index in [-0.39, 0.29) is 16.3 Å². The molecule has 0 radical (unpaired) electrons. The fourth-order valence-electron chi connectivity index (χ4n) is 4.00. The van der Waals surface area contributed by atoms with E-state index in [1.54, 1.807) is 30.3 Å².